The minimum absolute atomic E-state index is 0.0308. The highest BCUT2D eigenvalue weighted by Crippen LogP contribution is 2.36. The summed E-state index contributed by atoms with van der Waals surface area (Å²) < 4.78 is 0.174. The minimum atomic E-state index is -1.26. The summed E-state index contributed by atoms with van der Waals surface area (Å²) in [5, 5.41) is 9.53. The Kier molecular flexibility index (Phi) is 7.07. The summed E-state index contributed by atoms with van der Waals surface area (Å²) >= 11 is 6.35. The van der Waals surface area contributed by atoms with Crippen LogP contribution in [0.25, 0.3) is 6.08 Å². The molecule has 2 aliphatic heterocycles. The highest BCUT2D eigenvalue weighted by atomic mass is 32.2. The number of aliphatic carboxylic acids is 1. The molecule has 3 rings (SSSR count). The molecule has 9 heteroatoms. The standard InChI is InChI=1S/C22H22N2O5S2/c1-13(2)11-16(21(28)29)23-18(25)12-15(19(23)26)24-20(27)17(31-22(24)30)10-6-9-14-7-4-3-5-8-14/h3-10,13,15-16H,11-12H2,1-2H3,(H,28,29). The van der Waals surface area contributed by atoms with Gasteiger partial charge in [0.2, 0.25) is 5.91 Å². The van der Waals surface area contributed by atoms with E-state index in [0.29, 0.717) is 4.91 Å². The number of thiocarbonyl (C=S) groups is 1. The van der Waals surface area contributed by atoms with Gasteiger partial charge in [0.25, 0.3) is 11.8 Å². The molecule has 1 aromatic rings. The van der Waals surface area contributed by atoms with Gasteiger partial charge in [0.1, 0.15) is 16.4 Å². The number of carboxylic acids is 1. The summed E-state index contributed by atoms with van der Waals surface area (Å²) in [6.45, 7) is 3.63. The largest absolute Gasteiger partial charge is 0.480 e. The van der Waals surface area contributed by atoms with Gasteiger partial charge in [0, 0.05) is 0 Å². The first-order valence-corrected chi connectivity index (χ1v) is 11.0. The lowest BCUT2D eigenvalue weighted by atomic mass is 10.0. The first kappa shape index (κ1) is 22.9. The predicted octanol–water partition coefficient (Wildman–Crippen LogP) is 3.07. The maximum atomic E-state index is 13.0. The second-order valence-electron chi connectivity index (χ2n) is 7.65. The summed E-state index contributed by atoms with van der Waals surface area (Å²) in [7, 11) is 0. The number of nitrogens with zero attached hydrogens (tertiary/aromatic N) is 2. The fourth-order valence-corrected chi connectivity index (χ4v) is 4.81. The first-order chi connectivity index (χ1) is 14.7. The number of amides is 3. The zero-order valence-electron chi connectivity index (χ0n) is 17.1. The van der Waals surface area contributed by atoms with Crippen molar-refractivity contribution >= 4 is 58.1 Å². The lowest BCUT2D eigenvalue weighted by Gasteiger charge is -2.26. The van der Waals surface area contributed by atoms with E-state index in [2.05, 4.69) is 0 Å². The highest BCUT2D eigenvalue weighted by Gasteiger charge is 2.51. The second-order valence-corrected chi connectivity index (χ2v) is 9.33. The third kappa shape index (κ3) is 4.94. The van der Waals surface area contributed by atoms with E-state index in [1.807, 2.05) is 50.3 Å². The molecule has 162 valence electrons. The molecule has 2 fully saturated rings. The molecule has 2 aliphatic rings. The molecule has 31 heavy (non-hydrogen) atoms. The number of benzene rings is 1. The van der Waals surface area contributed by atoms with Crippen LogP contribution in [0.15, 0.2) is 47.4 Å². The molecule has 0 aliphatic carbocycles. The summed E-state index contributed by atoms with van der Waals surface area (Å²) in [5.74, 6) is -3.04. The Morgan fingerprint density at radius 2 is 1.94 bits per heavy atom. The minimum Gasteiger partial charge on any atom is -0.480 e. The molecule has 2 atom stereocenters. The van der Waals surface area contributed by atoms with Crippen LogP contribution in [-0.2, 0) is 19.2 Å². The maximum absolute atomic E-state index is 13.0. The molecular weight excluding hydrogens is 436 g/mol. The van der Waals surface area contributed by atoms with Crippen LogP contribution in [0.4, 0.5) is 0 Å². The Bertz CT molecular complexity index is 987. The van der Waals surface area contributed by atoms with Gasteiger partial charge >= 0.3 is 5.97 Å². The molecule has 1 aromatic carbocycles. The number of carboxylic acid groups (broad SMARTS) is 1. The smallest absolute Gasteiger partial charge is 0.326 e. The van der Waals surface area contributed by atoms with Crippen molar-refractivity contribution in [1.29, 1.82) is 0 Å². The monoisotopic (exact) mass is 458 g/mol. The molecule has 0 saturated carbocycles. The van der Waals surface area contributed by atoms with Crippen LogP contribution in [0.1, 0.15) is 32.3 Å². The summed E-state index contributed by atoms with van der Waals surface area (Å²) in [5.41, 5.74) is 0.964. The van der Waals surface area contributed by atoms with Crippen molar-refractivity contribution in [1.82, 2.24) is 9.80 Å². The molecule has 2 unspecified atom stereocenters. The lowest BCUT2D eigenvalue weighted by molar-refractivity contribution is -0.155. The van der Waals surface area contributed by atoms with Gasteiger partial charge in [-0.1, -0.05) is 80.3 Å². The van der Waals surface area contributed by atoms with E-state index in [1.54, 1.807) is 12.2 Å². The van der Waals surface area contributed by atoms with Crippen molar-refractivity contribution < 1.29 is 24.3 Å². The van der Waals surface area contributed by atoms with E-state index >= 15 is 0 Å². The lowest BCUT2D eigenvalue weighted by Crippen LogP contribution is -2.49. The summed E-state index contributed by atoms with van der Waals surface area (Å²) in [6.07, 6.45) is 5.03. The van der Waals surface area contributed by atoms with Crippen LogP contribution >= 0.6 is 24.0 Å². The zero-order valence-corrected chi connectivity index (χ0v) is 18.7. The van der Waals surface area contributed by atoms with Crippen LogP contribution < -0.4 is 0 Å². The van der Waals surface area contributed by atoms with Crippen LogP contribution in [0.2, 0.25) is 0 Å². The van der Waals surface area contributed by atoms with Gasteiger partial charge in [0.15, 0.2) is 0 Å². The molecule has 7 nitrogen and oxygen atoms in total. The van der Waals surface area contributed by atoms with Gasteiger partial charge in [-0.2, -0.15) is 0 Å². The number of imide groups is 1. The number of carbonyl (C=O) groups excluding carboxylic acids is 3. The van der Waals surface area contributed by atoms with Crippen LogP contribution in [0.5, 0.6) is 0 Å². The second kappa shape index (κ2) is 9.57. The van der Waals surface area contributed by atoms with E-state index in [4.69, 9.17) is 12.2 Å². The number of carbonyl (C=O) groups is 4. The van der Waals surface area contributed by atoms with Crippen LogP contribution in [-0.4, -0.2) is 55.0 Å². The number of thioether (sulfide) groups is 1. The predicted molar refractivity (Wildman–Crippen MR) is 122 cm³/mol. The molecule has 0 bridgehead atoms. The molecule has 0 radical (unpaired) electrons. The van der Waals surface area contributed by atoms with Gasteiger partial charge < -0.3 is 5.11 Å². The number of rotatable bonds is 7. The molecule has 0 aromatic heterocycles. The molecular formula is C22H22N2O5S2. The highest BCUT2D eigenvalue weighted by molar-refractivity contribution is 8.26. The van der Waals surface area contributed by atoms with Crippen LogP contribution in [0.3, 0.4) is 0 Å². The third-order valence-electron chi connectivity index (χ3n) is 4.92. The van der Waals surface area contributed by atoms with Gasteiger partial charge in [0.05, 0.1) is 11.3 Å². The van der Waals surface area contributed by atoms with Crippen molar-refractivity contribution in [3.8, 4) is 0 Å². The van der Waals surface area contributed by atoms with Crippen LogP contribution in [0, 0.1) is 5.92 Å². The van der Waals surface area contributed by atoms with E-state index < -0.39 is 35.8 Å². The number of allylic oxidation sites excluding steroid dienone is 2. The zero-order chi connectivity index (χ0) is 22.7. The van der Waals surface area contributed by atoms with E-state index in [-0.39, 0.29) is 23.1 Å². The quantitative estimate of drug-likeness (QED) is 0.381. The summed E-state index contributed by atoms with van der Waals surface area (Å²) in [6, 6.07) is 7.17. The average molecular weight is 459 g/mol. The van der Waals surface area contributed by atoms with Gasteiger partial charge in [-0.3, -0.25) is 24.2 Å². The molecule has 1 N–H and O–H groups in total. The van der Waals surface area contributed by atoms with Gasteiger partial charge in [-0.15, -0.1) is 0 Å². The van der Waals surface area contributed by atoms with Gasteiger partial charge in [-0.25, -0.2) is 4.79 Å². The van der Waals surface area contributed by atoms with E-state index in [0.717, 1.165) is 27.1 Å². The first-order valence-electron chi connectivity index (χ1n) is 9.78. The Labute approximate surface area is 189 Å². The Morgan fingerprint density at radius 3 is 2.55 bits per heavy atom. The van der Waals surface area contributed by atoms with Crippen molar-refractivity contribution in [2.75, 3.05) is 0 Å². The van der Waals surface area contributed by atoms with Crippen molar-refractivity contribution in [2.24, 2.45) is 5.92 Å². The number of hydrogen-bond acceptors (Lipinski definition) is 6. The van der Waals surface area contributed by atoms with Crippen molar-refractivity contribution in [3.05, 3.63) is 53.0 Å². The fraction of sp³-hybridized carbons (Fsp3) is 0.318. The van der Waals surface area contributed by atoms with E-state index in [1.165, 1.54) is 0 Å². The average Bonchev–Trinajstić information content (AvgIpc) is 3.15. The Hall–Kier alpha value is -2.78. The molecule has 2 heterocycles. The Morgan fingerprint density at radius 1 is 1.26 bits per heavy atom. The normalized spacial score (nSPS) is 21.9. The number of hydrogen-bond donors (Lipinski definition) is 1. The molecule has 2 saturated heterocycles. The molecule has 0 spiro atoms. The third-order valence-corrected chi connectivity index (χ3v) is 6.27. The number of likely N-dealkylation sites (tertiary alicyclic amines) is 1. The SMILES string of the molecule is CC(C)CC(C(=O)O)N1C(=O)CC(N2C(=O)C(=CC=Cc3ccccc3)SC2=S)C1=O. The topological polar surface area (TPSA) is 95.0 Å². The van der Waals surface area contributed by atoms with E-state index in [9.17, 15) is 24.3 Å². The summed E-state index contributed by atoms with van der Waals surface area (Å²) in [4.78, 5) is 52.3. The fourth-order valence-electron chi connectivity index (χ4n) is 3.50. The van der Waals surface area contributed by atoms with Crippen molar-refractivity contribution in [3.63, 3.8) is 0 Å². The Balaban J connectivity index is 1.79. The molecule has 3 amide bonds. The van der Waals surface area contributed by atoms with Gasteiger partial charge in [-0.05, 0) is 24.0 Å². The van der Waals surface area contributed by atoms with Crippen molar-refractivity contribution in [2.45, 2.75) is 38.8 Å². The maximum Gasteiger partial charge on any atom is 0.326 e.